The Bertz CT molecular complexity index is 1870. The van der Waals surface area contributed by atoms with Crippen LogP contribution in [0.25, 0.3) is 43.1 Å². The van der Waals surface area contributed by atoms with Gasteiger partial charge < -0.3 is 0 Å². The fourth-order valence-corrected chi connectivity index (χ4v) is 16.4. The van der Waals surface area contributed by atoms with Gasteiger partial charge in [-0.25, -0.2) is 0 Å². The van der Waals surface area contributed by atoms with Crippen molar-refractivity contribution in [1.82, 2.24) is 0 Å². The molecule has 0 radical (unpaired) electrons. The molecule has 0 unspecified atom stereocenters. The first kappa shape index (κ1) is 35.9. The van der Waals surface area contributed by atoms with Gasteiger partial charge in [-0.2, -0.15) is 0 Å². The van der Waals surface area contributed by atoms with Gasteiger partial charge in [-0.3, -0.25) is 0 Å². The van der Waals surface area contributed by atoms with Crippen molar-refractivity contribution in [3.8, 4) is 0 Å². The SMILES string of the molecule is CC(C)P(=S)(c1c2ccccc2c(Br)c2ccccc12)C(C)C.CC(C)P(=S)(c1c2ccccc2c(Br)c2ccccc12)C(C)C. The summed E-state index contributed by atoms with van der Waals surface area (Å²) in [7, 11) is 0. The van der Waals surface area contributed by atoms with E-state index in [1.807, 2.05) is 0 Å². The predicted octanol–water partition coefficient (Wildman–Crippen LogP) is 13.4. The van der Waals surface area contributed by atoms with Crippen LogP contribution < -0.4 is 10.6 Å². The Hall–Kier alpha value is -1.38. The second-order valence-corrected chi connectivity index (χ2v) is 26.4. The molecule has 6 aromatic carbocycles. The van der Waals surface area contributed by atoms with Crippen LogP contribution in [-0.4, -0.2) is 22.6 Å². The van der Waals surface area contributed by atoms with Gasteiger partial charge in [0.25, 0.3) is 0 Å². The lowest BCUT2D eigenvalue weighted by Gasteiger charge is -2.33. The van der Waals surface area contributed by atoms with Gasteiger partial charge in [0, 0.05) is 19.6 Å². The second kappa shape index (κ2) is 14.2. The highest BCUT2D eigenvalue weighted by molar-refractivity contribution is 9.11. The molecular weight excluding hydrogens is 766 g/mol. The fourth-order valence-electron chi connectivity index (χ4n) is 7.08. The highest BCUT2D eigenvalue weighted by Gasteiger charge is 2.33. The van der Waals surface area contributed by atoms with Crippen molar-refractivity contribution in [3.63, 3.8) is 0 Å². The lowest BCUT2D eigenvalue weighted by atomic mass is 10.0. The van der Waals surface area contributed by atoms with E-state index in [4.69, 9.17) is 23.6 Å². The molecule has 0 aliphatic carbocycles. The van der Waals surface area contributed by atoms with Crippen LogP contribution in [0.5, 0.6) is 0 Å². The molecule has 0 amide bonds. The van der Waals surface area contributed by atoms with E-state index >= 15 is 0 Å². The van der Waals surface area contributed by atoms with Crippen LogP contribution in [0, 0.1) is 0 Å². The van der Waals surface area contributed by atoms with Crippen molar-refractivity contribution in [3.05, 3.63) is 106 Å². The molecule has 0 spiro atoms. The van der Waals surface area contributed by atoms with Crippen LogP contribution in [0.2, 0.25) is 0 Å². The Kier molecular flexibility index (Phi) is 11.1. The minimum absolute atomic E-state index is 0.491. The Morgan fingerprint density at radius 3 is 0.717 bits per heavy atom. The van der Waals surface area contributed by atoms with Crippen LogP contribution in [0.4, 0.5) is 0 Å². The molecule has 0 aliphatic heterocycles. The predicted molar refractivity (Wildman–Crippen MR) is 227 cm³/mol. The third-order valence-electron chi connectivity index (χ3n) is 9.44. The van der Waals surface area contributed by atoms with Gasteiger partial charge in [0.1, 0.15) is 0 Å². The van der Waals surface area contributed by atoms with E-state index in [9.17, 15) is 0 Å². The Labute approximate surface area is 303 Å². The van der Waals surface area contributed by atoms with E-state index in [2.05, 4.69) is 184 Å². The maximum Gasteiger partial charge on any atom is 0.0332 e. The summed E-state index contributed by atoms with van der Waals surface area (Å²) in [6.45, 7) is 18.4. The number of halogens is 2. The number of fused-ring (bicyclic) bond motifs is 4. The fraction of sp³-hybridized carbons (Fsp3) is 0.300. The molecule has 46 heavy (non-hydrogen) atoms. The summed E-state index contributed by atoms with van der Waals surface area (Å²) in [6, 6.07) is 31.3. The molecular formula is C40H44Br2P2S2. The molecule has 0 aromatic heterocycles. The van der Waals surface area contributed by atoms with Crippen LogP contribution in [0.1, 0.15) is 55.4 Å². The van der Waals surface area contributed by atoms with Crippen LogP contribution in [0.3, 0.4) is 0 Å². The average molecular weight is 811 g/mol. The van der Waals surface area contributed by atoms with Crippen molar-refractivity contribution in [1.29, 1.82) is 0 Å². The van der Waals surface area contributed by atoms with E-state index < -0.39 is 12.1 Å². The first-order valence-corrected chi connectivity index (χ1v) is 23.6. The number of benzene rings is 6. The molecule has 6 rings (SSSR count). The summed E-state index contributed by atoms with van der Waals surface area (Å²) >= 11 is 20.5. The molecule has 0 N–H and O–H groups in total. The molecule has 0 nitrogen and oxygen atoms in total. The lowest BCUT2D eigenvalue weighted by molar-refractivity contribution is 1.02. The highest BCUT2D eigenvalue weighted by Crippen LogP contribution is 2.58. The summed E-state index contributed by atoms with van der Waals surface area (Å²) < 4.78 is 2.36. The summed E-state index contributed by atoms with van der Waals surface area (Å²) in [5, 5.41) is 13.2. The van der Waals surface area contributed by atoms with Crippen LogP contribution in [0.15, 0.2) is 106 Å². The third-order valence-corrected chi connectivity index (χ3v) is 25.8. The van der Waals surface area contributed by atoms with Gasteiger partial charge >= 0.3 is 0 Å². The minimum Gasteiger partial charge on any atom is -0.0920 e. The van der Waals surface area contributed by atoms with Gasteiger partial charge in [-0.15, -0.1) is 0 Å². The zero-order valence-electron chi connectivity index (χ0n) is 28.0. The second-order valence-electron chi connectivity index (χ2n) is 13.3. The topological polar surface area (TPSA) is 0 Å². The quantitative estimate of drug-likeness (QED) is 0.121. The summed E-state index contributed by atoms with van der Waals surface area (Å²) in [5.74, 6) is 0. The molecule has 0 fully saturated rings. The van der Waals surface area contributed by atoms with E-state index in [1.54, 1.807) is 0 Å². The molecule has 0 saturated carbocycles. The summed E-state index contributed by atoms with van der Waals surface area (Å²) in [5.41, 5.74) is 1.96. The molecule has 240 valence electrons. The molecule has 6 aromatic rings. The van der Waals surface area contributed by atoms with Gasteiger partial charge in [0.2, 0.25) is 0 Å². The van der Waals surface area contributed by atoms with Crippen molar-refractivity contribution in [2.45, 2.75) is 78.0 Å². The normalized spacial score (nSPS) is 12.7. The zero-order valence-corrected chi connectivity index (χ0v) is 34.6. The molecule has 6 heteroatoms. The smallest absolute Gasteiger partial charge is 0.0332 e. The monoisotopic (exact) mass is 808 g/mol. The molecule has 0 bridgehead atoms. The van der Waals surface area contributed by atoms with E-state index in [-0.39, 0.29) is 0 Å². The maximum absolute atomic E-state index is 6.41. The lowest BCUT2D eigenvalue weighted by Crippen LogP contribution is -2.21. The standard InChI is InChI=1S/2C20H22BrPS/c2*1-13(2)22(23,14(3)4)20-17-11-7-5-9-15(17)19(21)16-10-6-8-12-18(16)20/h2*5-14H,1-4H3. The van der Waals surface area contributed by atoms with Gasteiger partial charge in [-0.1, -0.05) is 176 Å². The van der Waals surface area contributed by atoms with Crippen molar-refractivity contribution in [2.24, 2.45) is 0 Å². The van der Waals surface area contributed by atoms with E-state index in [0.717, 1.165) is 0 Å². The Morgan fingerprint density at radius 2 is 0.543 bits per heavy atom. The highest BCUT2D eigenvalue weighted by atomic mass is 79.9. The minimum atomic E-state index is -1.71. The van der Waals surface area contributed by atoms with Gasteiger partial charge in [0.15, 0.2) is 0 Å². The maximum atomic E-state index is 6.41. The number of hydrogen-bond acceptors (Lipinski definition) is 2. The summed E-state index contributed by atoms with van der Waals surface area (Å²) in [4.78, 5) is 0. The Balaban J connectivity index is 0.000000181. The molecule has 0 atom stereocenters. The van der Waals surface area contributed by atoms with Gasteiger partial charge in [0.05, 0.1) is 0 Å². The number of rotatable bonds is 6. The largest absolute Gasteiger partial charge is 0.0920 e. The molecule has 0 saturated heterocycles. The van der Waals surface area contributed by atoms with Crippen LogP contribution >= 0.6 is 43.9 Å². The average Bonchev–Trinajstić information content (AvgIpc) is 3.04. The number of hydrogen-bond donors (Lipinski definition) is 0. The van der Waals surface area contributed by atoms with Crippen molar-refractivity contribution >= 4 is 121 Å². The summed E-state index contributed by atoms with van der Waals surface area (Å²) in [6.07, 6.45) is 0. The molecule has 0 aliphatic rings. The molecule has 0 heterocycles. The first-order chi connectivity index (χ1) is 21.8. The first-order valence-electron chi connectivity index (χ1n) is 16.2. The van der Waals surface area contributed by atoms with E-state index in [1.165, 1.54) is 62.6 Å². The van der Waals surface area contributed by atoms with Gasteiger partial charge in [-0.05, 0) is 110 Å². The Morgan fingerprint density at radius 1 is 0.370 bits per heavy atom. The van der Waals surface area contributed by atoms with E-state index in [0.29, 0.717) is 22.6 Å². The zero-order chi connectivity index (χ0) is 33.6. The van der Waals surface area contributed by atoms with Crippen LogP contribution in [-0.2, 0) is 23.6 Å². The third kappa shape index (κ3) is 6.03. The van der Waals surface area contributed by atoms with Crippen molar-refractivity contribution < 1.29 is 0 Å². The van der Waals surface area contributed by atoms with Crippen molar-refractivity contribution in [2.75, 3.05) is 0 Å².